The van der Waals surface area contributed by atoms with Gasteiger partial charge < -0.3 is 23.9 Å². The van der Waals surface area contributed by atoms with Gasteiger partial charge in [0.1, 0.15) is 28.9 Å². The highest BCUT2D eigenvalue weighted by Gasteiger charge is 2.14. The Morgan fingerprint density at radius 1 is 1.21 bits per heavy atom. The van der Waals surface area contributed by atoms with E-state index in [0.717, 1.165) is 34.4 Å². The van der Waals surface area contributed by atoms with Crippen molar-refractivity contribution in [1.29, 1.82) is 5.26 Å². The maximum absolute atomic E-state index is 12.6. The Balaban J connectivity index is 1.48. The van der Waals surface area contributed by atoms with E-state index in [-0.39, 0.29) is 11.4 Å². The van der Waals surface area contributed by atoms with Crippen LogP contribution in [0.2, 0.25) is 0 Å². The molecule has 0 saturated heterocycles. The van der Waals surface area contributed by atoms with Gasteiger partial charge in [0.15, 0.2) is 5.82 Å². The molecular formula is C26H24N4O4. The summed E-state index contributed by atoms with van der Waals surface area (Å²) < 4.78 is 18.1. The van der Waals surface area contributed by atoms with E-state index < -0.39 is 5.91 Å². The van der Waals surface area contributed by atoms with Crippen LogP contribution in [0.5, 0.6) is 11.5 Å². The predicted molar refractivity (Wildman–Crippen MR) is 129 cm³/mol. The normalized spacial score (nSPS) is 11.3. The standard InChI is InChI=1S/C26H24N4O4/c1-18-13-25(29-34-18)28-26(31)19(16-27)14-20-17-30(24-10-4-3-9-23(20)24)11-6-12-33-22-8-5-7-21(15-22)32-2/h3-5,7-10,13-15,17H,6,11-12H2,1-2H3,(H,28,29,31)/b19-14-. The average molecular weight is 457 g/mol. The summed E-state index contributed by atoms with van der Waals surface area (Å²) in [6.45, 7) is 2.97. The molecule has 0 aliphatic carbocycles. The van der Waals surface area contributed by atoms with Crippen LogP contribution in [0.25, 0.3) is 17.0 Å². The highest BCUT2D eigenvalue weighted by atomic mass is 16.5. The first-order valence-corrected chi connectivity index (χ1v) is 10.8. The van der Waals surface area contributed by atoms with Crippen LogP contribution in [0.4, 0.5) is 5.82 Å². The molecule has 1 N–H and O–H groups in total. The van der Waals surface area contributed by atoms with Crippen molar-refractivity contribution in [2.45, 2.75) is 19.9 Å². The Hall–Kier alpha value is -4.51. The molecule has 0 atom stereocenters. The van der Waals surface area contributed by atoms with E-state index in [2.05, 4.69) is 15.0 Å². The molecule has 0 saturated carbocycles. The molecule has 2 heterocycles. The maximum Gasteiger partial charge on any atom is 0.267 e. The molecule has 1 amide bonds. The van der Waals surface area contributed by atoms with Crippen molar-refractivity contribution in [3.8, 4) is 17.6 Å². The molecule has 0 fully saturated rings. The number of nitriles is 1. The average Bonchev–Trinajstić information content (AvgIpc) is 3.43. The van der Waals surface area contributed by atoms with Crippen molar-refractivity contribution in [2.24, 2.45) is 0 Å². The van der Waals surface area contributed by atoms with E-state index >= 15 is 0 Å². The third-order valence-electron chi connectivity index (χ3n) is 5.21. The molecular weight excluding hydrogens is 432 g/mol. The van der Waals surface area contributed by atoms with Gasteiger partial charge in [-0.25, -0.2) is 0 Å². The molecule has 172 valence electrons. The monoisotopic (exact) mass is 456 g/mol. The number of nitrogens with one attached hydrogen (secondary N) is 1. The summed E-state index contributed by atoms with van der Waals surface area (Å²) in [4.78, 5) is 12.6. The number of rotatable bonds is 9. The van der Waals surface area contributed by atoms with E-state index in [1.165, 1.54) is 0 Å². The Bertz CT molecular complexity index is 1380. The van der Waals surface area contributed by atoms with Gasteiger partial charge in [-0.1, -0.05) is 29.4 Å². The zero-order valence-corrected chi connectivity index (χ0v) is 18.9. The number of aryl methyl sites for hydroxylation is 2. The minimum absolute atomic E-state index is 0.0232. The molecule has 0 radical (unpaired) electrons. The molecule has 0 aliphatic heterocycles. The molecule has 2 aromatic heterocycles. The number of ether oxygens (including phenoxy) is 2. The van der Waals surface area contributed by atoms with Crippen LogP contribution >= 0.6 is 0 Å². The van der Waals surface area contributed by atoms with E-state index in [9.17, 15) is 10.1 Å². The largest absolute Gasteiger partial charge is 0.497 e. The SMILES string of the molecule is COc1cccc(OCCCn2cc(/C=C(/C#N)C(=O)Nc3cc(C)on3)c3ccccc32)c1. The number of carbonyl (C=O) groups is 1. The van der Waals surface area contributed by atoms with Gasteiger partial charge in [-0.05, 0) is 37.6 Å². The highest BCUT2D eigenvalue weighted by molar-refractivity contribution is 6.10. The predicted octanol–water partition coefficient (Wildman–Crippen LogP) is 4.96. The highest BCUT2D eigenvalue weighted by Crippen LogP contribution is 2.25. The minimum atomic E-state index is -0.542. The summed E-state index contributed by atoms with van der Waals surface area (Å²) >= 11 is 0. The topological polar surface area (TPSA) is 102 Å². The maximum atomic E-state index is 12.6. The number of nitrogens with zero attached hydrogens (tertiary/aromatic N) is 3. The van der Waals surface area contributed by atoms with Crippen molar-refractivity contribution >= 4 is 28.7 Å². The number of hydrogen-bond acceptors (Lipinski definition) is 6. The number of amides is 1. The van der Waals surface area contributed by atoms with Crippen molar-refractivity contribution in [1.82, 2.24) is 9.72 Å². The molecule has 4 rings (SSSR count). The van der Waals surface area contributed by atoms with Gasteiger partial charge in [0.25, 0.3) is 5.91 Å². The Morgan fingerprint density at radius 3 is 2.79 bits per heavy atom. The van der Waals surface area contributed by atoms with Gasteiger partial charge in [0, 0.05) is 41.3 Å². The quantitative estimate of drug-likeness (QED) is 0.217. The summed E-state index contributed by atoms with van der Waals surface area (Å²) in [5, 5.41) is 16.9. The van der Waals surface area contributed by atoms with Gasteiger partial charge in [-0.3, -0.25) is 4.79 Å². The van der Waals surface area contributed by atoms with Crippen molar-refractivity contribution in [2.75, 3.05) is 19.0 Å². The van der Waals surface area contributed by atoms with Gasteiger partial charge in [0.05, 0.1) is 13.7 Å². The zero-order valence-electron chi connectivity index (χ0n) is 18.9. The van der Waals surface area contributed by atoms with E-state index in [4.69, 9.17) is 14.0 Å². The number of benzene rings is 2. The van der Waals surface area contributed by atoms with Gasteiger partial charge in [-0.15, -0.1) is 0 Å². The molecule has 8 nitrogen and oxygen atoms in total. The van der Waals surface area contributed by atoms with Crippen LogP contribution in [0.1, 0.15) is 17.7 Å². The number of methoxy groups -OCH3 is 1. The van der Waals surface area contributed by atoms with Crippen LogP contribution in [0, 0.1) is 18.3 Å². The fraction of sp³-hybridized carbons (Fsp3) is 0.192. The molecule has 0 unspecified atom stereocenters. The second-order valence-corrected chi connectivity index (χ2v) is 7.62. The lowest BCUT2D eigenvalue weighted by Crippen LogP contribution is -2.13. The Morgan fingerprint density at radius 2 is 2.03 bits per heavy atom. The van der Waals surface area contributed by atoms with Crippen LogP contribution in [-0.4, -0.2) is 29.3 Å². The zero-order chi connectivity index (χ0) is 23.9. The number of para-hydroxylation sites is 1. The summed E-state index contributed by atoms with van der Waals surface area (Å²) in [5.74, 6) is 1.80. The van der Waals surface area contributed by atoms with Crippen molar-refractivity contribution < 1.29 is 18.8 Å². The lowest BCUT2D eigenvalue weighted by atomic mass is 10.1. The molecule has 4 aromatic rings. The summed E-state index contributed by atoms with van der Waals surface area (Å²) in [7, 11) is 1.62. The molecule has 0 aliphatic rings. The smallest absolute Gasteiger partial charge is 0.267 e. The summed E-state index contributed by atoms with van der Waals surface area (Å²) in [6.07, 6.45) is 4.31. The molecule has 0 bridgehead atoms. The van der Waals surface area contributed by atoms with Crippen LogP contribution in [0.15, 0.2) is 70.9 Å². The number of carbonyl (C=O) groups excluding carboxylic acids is 1. The fourth-order valence-corrected chi connectivity index (χ4v) is 3.60. The van der Waals surface area contributed by atoms with E-state index in [1.807, 2.05) is 60.8 Å². The first-order valence-electron chi connectivity index (χ1n) is 10.8. The summed E-state index contributed by atoms with van der Waals surface area (Å²) in [5.41, 5.74) is 1.78. The second kappa shape index (κ2) is 10.4. The lowest BCUT2D eigenvalue weighted by Gasteiger charge is -2.09. The number of fused-ring (bicyclic) bond motifs is 1. The van der Waals surface area contributed by atoms with Crippen molar-refractivity contribution in [3.05, 3.63) is 77.7 Å². The fourth-order valence-electron chi connectivity index (χ4n) is 3.60. The third-order valence-corrected chi connectivity index (χ3v) is 5.21. The van der Waals surface area contributed by atoms with Crippen LogP contribution in [-0.2, 0) is 11.3 Å². The molecule has 8 heteroatoms. The molecule has 34 heavy (non-hydrogen) atoms. The van der Waals surface area contributed by atoms with E-state index in [1.54, 1.807) is 26.2 Å². The Kier molecular flexibility index (Phi) is 6.94. The second-order valence-electron chi connectivity index (χ2n) is 7.62. The molecule has 2 aromatic carbocycles. The first-order chi connectivity index (χ1) is 16.6. The first kappa shape index (κ1) is 22.7. The Labute approximate surface area is 197 Å². The number of hydrogen-bond donors (Lipinski definition) is 1. The lowest BCUT2D eigenvalue weighted by molar-refractivity contribution is -0.112. The van der Waals surface area contributed by atoms with E-state index in [0.29, 0.717) is 18.9 Å². The van der Waals surface area contributed by atoms with Crippen LogP contribution < -0.4 is 14.8 Å². The van der Waals surface area contributed by atoms with Gasteiger partial charge in [-0.2, -0.15) is 5.26 Å². The number of anilines is 1. The van der Waals surface area contributed by atoms with Gasteiger partial charge in [0.2, 0.25) is 0 Å². The minimum Gasteiger partial charge on any atom is -0.497 e. The van der Waals surface area contributed by atoms with Crippen molar-refractivity contribution in [3.63, 3.8) is 0 Å². The van der Waals surface area contributed by atoms with Gasteiger partial charge >= 0.3 is 0 Å². The third kappa shape index (κ3) is 5.27. The molecule has 0 spiro atoms. The van der Waals surface area contributed by atoms with Crippen LogP contribution in [0.3, 0.4) is 0 Å². The number of aromatic nitrogens is 2. The summed E-state index contributed by atoms with van der Waals surface area (Å²) in [6, 6.07) is 19.0.